The molecule has 4 nitrogen and oxygen atoms in total. The maximum absolute atomic E-state index is 13.2. The molecule has 1 unspecified atom stereocenters. The number of nitrogens with one attached hydrogen (secondary N) is 2. The fourth-order valence-corrected chi connectivity index (χ4v) is 1.30. The van der Waals surface area contributed by atoms with Crippen LogP contribution in [0.4, 0.5) is 33.6 Å². The fraction of sp³-hybridized carbons (Fsp3) is 0.444. The number of hydrogen-bond acceptors (Lipinski definition) is 4. The van der Waals surface area contributed by atoms with E-state index in [4.69, 9.17) is 5.84 Å². The van der Waals surface area contributed by atoms with E-state index >= 15 is 0 Å². The molecule has 9 heteroatoms. The molecule has 0 aliphatic heterocycles. The van der Waals surface area contributed by atoms with Crippen molar-refractivity contribution in [2.75, 3.05) is 10.7 Å². The number of hydrogen-bond donors (Lipinski definition) is 3. The van der Waals surface area contributed by atoms with Crippen molar-refractivity contribution < 1.29 is 22.0 Å². The number of nitrogens with zero attached hydrogens (tertiary/aromatic N) is 1. The third-order valence-corrected chi connectivity index (χ3v) is 1.99. The van der Waals surface area contributed by atoms with E-state index in [0.29, 0.717) is 6.07 Å². The predicted molar refractivity (Wildman–Crippen MR) is 55.7 cm³/mol. The van der Waals surface area contributed by atoms with Crippen LogP contribution in [0.2, 0.25) is 0 Å². The number of nitrogen functional groups attached to an aromatic ring is 1. The van der Waals surface area contributed by atoms with Crippen molar-refractivity contribution in [3.63, 3.8) is 0 Å². The molecule has 0 fully saturated rings. The van der Waals surface area contributed by atoms with Crippen LogP contribution in [-0.4, -0.2) is 17.2 Å². The summed E-state index contributed by atoms with van der Waals surface area (Å²) in [7, 11) is 0. The molecule has 1 aromatic rings. The van der Waals surface area contributed by atoms with Crippen molar-refractivity contribution >= 4 is 11.6 Å². The highest BCUT2D eigenvalue weighted by Crippen LogP contribution is 2.24. The minimum Gasteiger partial charge on any atom is -0.365 e. The summed E-state index contributed by atoms with van der Waals surface area (Å²) in [5, 5.41) is 2.20. The Morgan fingerprint density at radius 3 is 2.33 bits per heavy atom. The van der Waals surface area contributed by atoms with Crippen LogP contribution in [0, 0.1) is 11.6 Å². The molecular formula is C9H11F5N4. The normalized spacial score (nSPS) is 13.3. The highest BCUT2D eigenvalue weighted by Gasteiger charge is 2.30. The standard InChI is InChI=1S/C9H11F5N4/c1-4(3-9(12,13)14)16-7-5(10)2-6(11)8(17-7)18-15/h2,4H,3,15H2,1H3,(H2,16,17,18). The van der Waals surface area contributed by atoms with E-state index in [9.17, 15) is 22.0 Å². The lowest BCUT2D eigenvalue weighted by Crippen LogP contribution is -2.25. The van der Waals surface area contributed by atoms with Crippen LogP contribution >= 0.6 is 0 Å². The molecule has 0 radical (unpaired) electrons. The fourth-order valence-electron chi connectivity index (χ4n) is 1.30. The average molecular weight is 270 g/mol. The smallest absolute Gasteiger partial charge is 0.365 e. The first-order valence-corrected chi connectivity index (χ1v) is 4.89. The Kier molecular flexibility index (Phi) is 4.28. The number of halogens is 5. The van der Waals surface area contributed by atoms with Crippen LogP contribution in [0.3, 0.4) is 0 Å². The number of nitrogens with two attached hydrogens (primary N) is 1. The zero-order valence-corrected chi connectivity index (χ0v) is 9.28. The molecule has 0 saturated carbocycles. The highest BCUT2D eigenvalue weighted by molar-refractivity contribution is 5.47. The zero-order valence-electron chi connectivity index (χ0n) is 9.28. The lowest BCUT2D eigenvalue weighted by molar-refractivity contribution is -0.136. The van der Waals surface area contributed by atoms with Gasteiger partial charge in [-0.2, -0.15) is 13.2 Å². The second kappa shape index (κ2) is 5.34. The monoisotopic (exact) mass is 270 g/mol. The van der Waals surface area contributed by atoms with Gasteiger partial charge in [-0.25, -0.2) is 19.6 Å². The molecule has 1 aromatic heterocycles. The molecule has 1 rings (SSSR count). The van der Waals surface area contributed by atoms with E-state index in [-0.39, 0.29) is 0 Å². The van der Waals surface area contributed by atoms with Crippen LogP contribution in [0.25, 0.3) is 0 Å². The molecule has 0 saturated heterocycles. The van der Waals surface area contributed by atoms with Crippen molar-refractivity contribution in [2.24, 2.45) is 5.84 Å². The number of hydrazine groups is 1. The highest BCUT2D eigenvalue weighted by atomic mass is 19.4. The number of aromatic nitrogens is 1. The Morgan fingerprint density at radius 2 is 1.83 bits per heavy atom. The molecule has 0 aliphatic carbocycles. The maximum Gasteiger partial charge on any atom is 0.391 e. The first-order valence-electron chi connectivity index (χ1n) is 4.89. The van der Waals surface area contributed by atoms with Crippen LogP contribution in [0.15, 0.2) is 6.07 Å². The summed E-state index contributed by atoms with van der Waals surface area (Å²) in [6.07, 6.45) is -5.56. The van der Waals surface area contributed by atoms with Gasteiger partial charge in [0.2, 0.25) is 0 Å². The minimum absolute atomic E-state index is 0.460. The van der Waals surface area contributed by atoms with E-state index in [1.807, 2.05) is 5.43 Å². The Hall–Kier alpha value is -1.64. The summed E-state index contributed by atoms with van der Waals surface area (Å²) in [6, 6.07) is -0.631. The summed E-state index contributed by atoms with van der Waals surface area (Å²) in [5.41, 5.74) is 1.87. The summed E-state index contributed by atoms with van der Waals surface area (Å²) in [5.74, 6) is 1.83. The molecule has 0 aromatic carbocycles. The zero-order chi connectivity index (χ0) is 13.9. The van der Waals surface area contributed by atoms with Crippen molar-refractivity contribution in [2.45, 2.75) is 25.6 Å². The Balaban J connectivity index is 2.84. The molecule has 102 valence electrons. The molecule has 0 spiro atoms. The van der Waals surface area contributed by atoms with Crippen LogP contribution in [0.5, 0.6) is 0 Å². The number of rotatable bonds is 4. The number of alkyl halides is 3. The van der Waals surface area contributed by atoms with Gasteiger partial charge in [0.05, 0.1) is 6.42 Å². The molecule has 0 amide bonds. The molecule has 0 bridgehead atoms. The molecule has 1 atom stereocenters. The SMILES string of the molecule is CC(CC(F)(F)F)Nc1nc(NN)c(F)cc1F. The maximum atomic E-state index is 13.2. The Labute approximate surface area is 99.3 Å². The summed E-state index contributed by atoms with van der Waals surface area (Å²) >= 11 is 0. The van der Waals surface area contributed by atoms with Crippen molar-refractivity contribution in [1.29, 1.82) is 0 Å². The minimum atomic E-state index is -4.39. The largest absolute Gasteiger partial charge is 0.391 e. The first kappa shape index (κ1) is 14.4. The van der Waals surface area contributed by atoms with Gasteiger partial charge in [-0.3, -0.25) is 0 Å². The number of pyridine rings is 1. The Morgan fingerprint density at radius 1 is 1.28 bits per heavy atom. The lowest BCUT2D eigenvalue weighted by Gasteiger charge is -2.17. The van der Waals surface area contributed by atoms with Crippen molar-refractivity contribution in [3.8, 4) is 0 Å². The van der Waals surface area contributed by atoms with Gasteiger partial charge in [-0.1, -0.05) is 0 Å². The predicted octanol–water partition coefficient (Wildman–Crippen LogP) is 2.40. The molecular weight excluding hydrogens is 259 g/mol. The van der Waals surface area contributed by atoms with Gasteiger partial charge in [0.25, 0.3) is 0 Å². The van der Waals surface area contributed by atoms with E-state index in [2.05, 4.69) is 10.3 Å². The second-order valence-corrected chi connectivity index (χ2v) is 3.66. The van der Waals surface area contributed by atoms with Gasteiger partial charge < -0.3 is 10.7 Å². The molecule has 0 aliphatic rings. The van der Waals surface area contributed by atoms with E-state index in [0.717, 1.165) is 0 Å². The van der Waals surface area contributed by atoms with Crippen LogP contribution in [-0.2, 0) is 0 Å². The van der Waals surface area contributed by atoms with Crippen molar-refractivity contribution in [1.82, 2.24) is 4.98 Å². The summed E-state index contributed by atoms with van der Waals surface area (Å²) < 4.78 is 62.4. The van der Waals surface area contributed by atoms with Gasteiger partial charge in [0.1, 0.15) is 0 Å². The van der Waals surface area contributed by atoms with Crippen molar-refractivity contribution in [3.05, 3.63) is 17.7 Å². The topological polar surface area (TPSA) is 63.0 Å². The third-order valence-electron chi connectivity index (χ3n) is 1.99. The Bertz CT molecular complexity index is 420. The van der Waals surface area contributed by atoms with Crippen LogP contribution in [0.1, 0.15) is 13.3 Å². The van der Waals surface area contributed by atoms with Gasteiger partial charge >= 0.3 is 6.18 Å². The first-order chi connectivity index (χ1) is 8.23. The van der Waals surface area contributed by atoms with Crippen LogP contribution < -0.4 is 16.6 Å². The quantitative estimate of drug-likeness (QED) is 0.446. The molecule has 1 heterocycles. The van der Waals surface area contributed by atoms with Gasteiger partial charge in [-0.15, -0.1) is 0 Å². The molecule has 4 N–H and O–H groups in total. The van der Waals surface area contributed by atoms with E-state index in [1.165, 1.54) is 6.92 Å². The second-order valence-electron chi connectivity index (χ2n) is 3.66. The van der Waals surface area contributed by atoms with Gasteiger partial charge in [0, 0.05) is 12.1 Å². The van der Waals surface area contributed by atoms with E-state index in [1.54, 1.807) is 0 Å². The van der Waals surface area contributed by atoms with Gasteiger partial charge in [-0.05, 0) is 6.92 Å². The number of anilines is 2. The van der Waals surface area contributed by atoms with Gasteiger partial charge in [0.15, 0.2) is 23.3 Å². The summed E-state index contributed by atoms with van der Waals surface area (Å²) in [4.78, 5) is 3.40. The molecule has 18 heavy (non-hydrogen) atoms. The average Bonchev–Trinajstić information content (AvgIpc) is 2.19. The van der Waals surface area contributed by atoms with E-state index < -0.39 is 41.9 Å². The lowest BCUT2D eigenvalue weighted by atomic mass is 10.2. The third kappa shape index (κ3) is 3.99. The summed E-state index contributed by atoms with van der Waals surface area (Å²) in [6.45, 7) is 1.20.